The van der Waals surface area contributed by atoms with E-state index in [1.807, 2.05) is 6.92 Å². The van der Waals surface area contributed by atoms with Crippen LogP contribution in [0, 0.1) is 0 Å². The molecule has 25 heavy (non-hydrogen) atoms. The Morgan fingerprint density at radius 2 is 2.08 bits per heavy atom. The number of fused-ring (bicyclic) bond motifs is 2. The monoisotopic (exact) mass is 340 g/mol. The van der Waals surface area contributed by atoms with E-state index in [9.17, 15) is 4.79 Å². The van der Waals surface area contributed by atoms with Crippen molar-refractivity contribution in [3.8, 4) is 0 Å². The summed E-state index contributed by atoms with van der Waals surface area (Å²) in [5, 5.41) is 0. The number of carbonyl (C=O) groups excluding carboxylic acids is 1. The molecule has 0 saturated carbocycles. The van der Waals surface area contributed by atoms with Gasteiger partial charge in [0.15, 0.2) is 0 Å². The molecule has 1 fully saturated rings. The van der Waals surface area contributed by atoms with Gasteiger partial charge in [-0.05, 0) is 37.2 Å². The molecule has 2 bridgehead atoms. The lowest BCUT2D eigenvalue weighted by Crippen LogP contribution is -2.43. The number of nitrogens with zero attached hydrogens (tertiary/aromatic N) is 2. The lowest BCUT2D eigenvalue weighted by atomic mass is 9.96. The summed E-state index contributed by atoms with van der Waals surface area (Å²) in [6.45, 7) is 8.14. The third kappa shape index (κ3) is 4.72. The van der Waals surface area contributed by atoms with Gasteiger partial charge in [0.1, 0.15) is 5.78 Å². The highest BCUT2D eigenvalue weighted by Crippen LogP contribution is 2.29. The van der Waals surface area contributed by atoms with Gasteiger partial charge in [-0.25, -0.2) is 0 Å². The number of rotatable bonds is 7. The second-order valence-electron chi connectivity index (χ2n) is 7.60. The molecule has 3 rings (SSSR count). The maximum Gasteiger partial charge on any atom is 0.146 e. The van der Waals surface area contributed by atoms with Gasteiger partial charge >= 0.3 is 0 Å². The SMILES string of the molecule is CCC(=O)CN1CCC2=CCCC(C1)N2CCC(C)c1ccccc1. The molecule has 1 saturated heterocycles. The molecule has 2 unspecified atom stereocenters. The summed E-state index contributed by atoms with van der Waals surface area (Å²) >= 11 is 0. The van der Waals surface area contributed by atoms with Gasteiger partial charge in [-0.3, -0.25) is 9.69 Å². The van der Waals surface area contributed by atoms with Crippen LogP contribution in [0.25, 0.3) is 0 Å². The number of carbonyl (C=O) groups is 1. The van der Waals surface area contributed by atoms with E-state index in [1.54, 1.807) is 0 Å². The van der Waals surface area contributed by atoms with E-state index in [4.69, 9.17) is 0 Å². The molecule has 0 amide bonds. The van der Waals surface area contributed by atoms with Crippen LogP contribution >= 0.6 is 0 Å². The van der Waals surface area contributed by atoms with Crippen molar-refractivity contribution >= 4 is 5.78 Å². The number of hydrogen-bond donors (Lipinski definition) is 0. The van der Waals surface area contributed by atoms with Crippen molar-refractivity contribution in [3.05, 3.63) is 47.7 Å². The topological polar surface area (TPSA) is 23.6 Å². The number of allylic oxidation sites excluding steroid dienone is 1. The van der Waals surface area contributed by atoms with Gasteiger partial charge in [-0.15, -0.1) is 0 Å². The van der Waals surface area contributed by atoms with Crippen LogP contribution in [-0.2, 0) is 4.79 Å². The Balaban J connectivity index is 1.62. The molecule has 0 aromatic heterocycles. The van der Waals surface area contributed by atoms with Gasteiger partial charge < -0.3 is 4.90 Å². The number of Topliss-reactive ketones (excluding diaryl/α,β-unsaturated/α-hetero) is 1. The maximum atomic E-state index is 11.9. The third-order valence-corrected chi connectivity index (χ3v) is 5.81. The molecule has 2 aliphatic rings. The molecule has 3 nitrogen and oxygen atoms in total. The predicted molar refractivity (Wildman–Crippen MR) is 104 cm³/mol. The Morgan fingerprint density at radius 3 is 2.84 bits per heavy atom. The van der Waals surface area contributed by atoms with Crippen LogP contribution in [0.1, 0.15) is 57.4 Å². The molecular formula is C22H32N2O. The zero-order chi connectivity index (χ0) is 17.6. The minimum Gasteiger partial charge on any atom is -0.371 e. The van der Waals surface area contributed by atoms with Crippen LogP contribution < -0.4 is 0 Å². The van der Waals surface area contributed by atoms with E-state index in [0.717, 1.165) is 26.1 Å². The van der Waals surface area contributed by atoms with Gasteiger partial charge in [-0.2, -0.15) is 0 Å². The first-order valence-corrected chi connectivity index (χ1v) is 9.92. The molecule has 0 radical (unpaired) electrons. The number of ketones is 1. The second-order valence-corrected chi connectivity index (χ2v) is 7.60. The molecule has 1 aromatic rings. The predicted octanol–water partition coefficient (Wildman–Crippen LogP) is 4.21. The molecule has 2 atom stereocenters. The van der Waals surface area contributed by atoms with Gasteiger partial charge in [0.25, 0.3) is 0 Å². The van der Waals surface area contributed by atoms with Crippen LogP contribution in [0.2, 0.25) is 0 Å². The van der Waals surface area contributed by atoms with Crippen molar-refractivity contribution < 1.29 is 4.79 Å². The fourth-order valence-electron chi connectivity index (χ4n) is 4.16. The Hall–Kier alpha value is -1.61. The standard InChI is InChI=1S/C22H32N2O/c1-3-22(25)17-23-14-13-20-10-7-11-21(16-23)24(20)15-12-18(2)19-8-5-4-6-9-19/h4-6,8-10,18,21H,3,7,11-17H2,1-2H3. The Bertz CT molecular complexity index is 595. The van der Waals surface area contributed by atoms with Crippen LogP contribution in [0.15, 0.2) is 42.1 Å². The lowest BCUT2D eigenvalue weighted by Gasteiger charge is -2.38. The summed E-state index contributed by atoms with van der Waals surface area (Å²) in [7, 11) is 0. The molecule has 3 heteroatoms. The van der Waals surface area contributed by atoms with Crippen molar-refractivity contribution in [3.63, 3.8) is 0 Å². The van der Waals surface area contributed by atoms with E-state index in [1.165, 1.54) is 30.5 Å². The Kier molecular flexibility index (Phi) is 6.30. The minimum absolute atomic E-state index is 0.370. The van der Waals surface area contributed by atoms with Crippen molar-refractivity contribution in [2.45, 2.75) is 57.9 Å². The molecule has 0 spiro atoms. The van der Waals surface area contributed by atoms with E-state index >= 15 is 0 Å². The largest absolute Gasteiger partial charge is 0.371 e. The highest BCUT2D eigenvalue weighted by molar-refractivity contribution is 5.80. The highest BCUT2D eigenvalue weighted by Gasteiger charge is 2.30. The molecular weight excluding hydrogens is 308 g/mol. The molecule has 0 N–H and O–H groups in total. The summed E-state index contributed by atoms with van der Waals surface area (Å²) in [6.07, 6.45) is 7.79. The average Bonchev–Trinajstić information content (AvgIpc) is 2.73. The summed E-state index contributed by atoms with van der Waals surface area (Å²) in [5.41, 5.74) is 2.95. The van der Waals surface area contributed by atoms with Crippen LogP contribution in [0.5, 0.6) is 0 Å². The third-order valence-electron chi connectivity index (χ3n) is 5.81. The summed E-state index contributed by atoms with van der Waals surface area (Å²) in [5.74, 6) is 0.957. The van der Waals surface area contributed by atoms with Crippen molar-refractivity contribution in [2.75, 3.05) is 26.2 Å². The van der Waals surface area contributed by atoms with E-state index in [2.05, 4.69) is 53.1 Å². The summed E-state index contributed by atoms with van der Waals surface area (Å²) in [4.78, 5) is 16.9. The number of hydrogen-bond acceptors (Lipinski definition) is 3. The fraction of sp³-hybridized carbons (Fsp3) is 0.591. The van der Waals surface area contributed by atoms with Crippen LogP contribution in [0.4, 0.5) is 0 Å². The van der Waals surface area contributed by atoms with Crippen molar-refractivity contribution in [2.24, 2.45) is 0 Å². The zero-order valence-electron chi connectivity index (χ0n) is 15.8. The summed E-state index contributed by atoms with van der Waals surface area (Å²) < 4.78 is 0. The van der Waals surface area contributed by atoms with E-state index < -0.39 is 0 Å². The zero-order valence-corrected chi connectivity index (χ0v) is 15.8. The molecule has 0 aliphatic carbocycles. The molecule has 2 heterocycles. The highest BCUT2D eigenvalue weighted by atomic mass is 16.1. The van der Waals surface area contributed by atoms with Gasteiger partial charge in [0.05, 0.1) is 6.54 Å². The number of benzene rings is 1. The van der Waals surface area contributed by atoms with Gasteiger partial charge in [-0.1, -0.05) is 50.3 Å². The van der Waals surface area contributed by atoms with Crippen molar-refractivity contribution in [1.82, 2.24) is 9.80 Å². The summed E-state index contributed by atoms with van der Waals surface area (Å²) in [6, 6.07) is 11.4. The van der Waals surface area contributed by atoms with Crippen molar-refractivity contribution in [1.29, 1.82) is 0 Å². The van der Waals surface area contributed by atoms with E-state index in [0.29, 0.717) is 30.7 Å². The smallest absolute Gasteiger partial charge is 0.146 e. The van der Waals surface area contributed by atoms with Gasteiger partial charge in [0, 0.05) is 37.8 Å². The lowest BCUT2D eigenvalue weighted by molar-refractivity contribution is -0.120. The van der Waals surface area contributed by atoms with Gasteiger partial charge in [0.2, 0.25) is 0 Å². The first-order chi connectivity index (χ1) is 12.2. The average molecular weight is 341 g/mol. The first kappa shape index (κ1) is 18.2. The molecule has 136 valence electrons. The quantitative estimate of drug-likeness (QED) is 0.743. The maximum absolute atomic E-state index is 11.9. The molecule has 2 aliphatic heterocycles. The van der Waals surface area contributed by atoms with Crippen LogP contribution in [-0.4, -0.2) is 47.8 Å². The molecule has 1 aromatic carbocycles. The Labute approximate surface area is 152 Å². The fourth-order valence-corrected chi connectivity index (χ4v) is 4.16. The minimum atomic E-state index is 0.370. The first-order valence-electron chi connectivity index (χ1n) is 9.92. The normalized spacial score (nSPS) is 22.2. The van der Waals surface area contributed by atoms with E-state index in [-0.39, 0.29) is 0 Å². The second kappa shape index (κ2) is 8.66. The Morgan fingerprint density at radius 1 is 1.28 bits per heavy atom. The van der Waals surface area contributed by atoms with Crippen LogP contribution in [0.3, 0.4) is 0 Å².